The summed E-state index contributed by atoms with van der Waals surface area (Å²) in [5.41, 5.74) is 0.515. The van der Waals surface area contributed by atoms with Gasteiger partial charge < -0.3 is 15.0 Å². The van der Waals surface area contributed by atoms with E-state index >= 15 is 0 Å². The van der Waals surface area contributed by atoms with E-state index < -0.39 is 6.04 Å². The predicted molar refractivity (Wildman–Crippen MR) is 74.0 cm³/mol. The molecule has 0 saturated carbocycles. The van der Waals surface area contributed by atoms with Crippen LogP contribution in [0.15, 0.2) is 22.7 Å². The number of carbonyl (C=O) groups is 1. The Morgan fingerprint density at radius 2 is 2.42 bits per heavy atom. The Morgan fingerprint density at radius 3 is 3.11 bits per heavy atom. The number of piperazine rings is 1. The number of halogens is 1. The van der Waals surface area contributed by atoms with Gasteiger partial charge in [0.15, 0.2) is 0 Å². The average molecular weight is 324 g/mol. The Balaban J connectivity index is 2.30. The number of methoxy groups -OCH3 is 1. The molecule has 1 saturated heterocycles. The van der Waals surface area contributed by atoms with Crippen LogP contribution >= 0.6 is 15.9 Å². The third kappa shape index (κ3) is 2.88. The number of hydrogen-bond donors (Lipinski definition) is 1. The molecule has 0 radical (unpaired) electrons. The summed E-state index contributed by atoms with van der Waals surface area (Å²) in [7, 11) is 1.56. The van der Waals surface area contributed by atoms with E-state index in [9.17, 15) is 4.79 Å². The first-order chi connectivity index (χ1) is 9.17. The molecule has 6 heteroatoms. The zero-order valence-corrected chi connectivity index (χ0v) is 12.1. The number of nitriles is 1. The van der Waals surface area contributed by atoms with Crippen molar-refractivity contribution in [2.45, 2.75) is 6.04 Å². The molecule has 1 aliphatic rings. The molecule has 1 fully saturated rings. The molecule has 0 spiro atoms. The van der Waals surface area contributed by atoms with Crippen molar-refractivity contribution in [1.29, 1.82) is 5.26 Å². The number of rotatable bonds is 2. The molecule has 100 valence electrons. The average Bonchev–Trinajstić information content (AvgIpc) is 2.47. The lowest BCUT2D eigenvalue weighted by Crippen LogP contribution is -2.53. The molecule has 0 aromatic heterocycles. The highest BCUT2D eigenvalue weighted by Gasteiger charge is 2.28. The Kier molecular flexibility index (Phi) is 4.40. The van der Waals surface area contributed by atoms with Crippen molar-refractivity contribution in [1.82, 2.24) is 10.2 Å². The number of carbonyl (C=O) groups excluding carboxylic acids is 1. The van der Waals surface area contributed by atoms with Crippen LogP contribution in [0.3, 0.4) is 0 Å². The summed E-state index contributed by atoms with van der Waals surface area (Å²) < 4.78 is 5.83. The molecule has 1 aliphatic heterocycles. The first kappa shape index (κ1) is 13.8. The van der Waals surface area contributed by atoms with E-state index in [0.717, 1.165) is 0 Å². The summed E-state index contributed by atoms with van der Waals surface area (Å²) in [4.78, 5) is 14.1. The van der Waals surface area contributed by atoms with E-state index in [2.05, 4.69) is 27.3 Å². The van der Waals surface area contributed by atoms with Gasteiger partial charge in [0.25, 0.3) is 5.91 Å². The second-order valence-corrected chi connectivity index (χ2v) is 5.05. The Hall–Kier alpha value is -1.58. The Bertz CT molecular complexity index is 527. The van der Waals surface area contributed by atoms with Crippen LogP contribution in [0.2, 0.25) is 0 Å². The van der Waals surface area contributed by atoms with Gasteiger partial charge in [0, 0.05) is 24.1 Å². The van der Waals surface area contributed by atoms with Gasteiger partial charge >= 0.3 is 0 Å². The fourth-order valence-electron chi connectivity index (χ4n) is 2.01. The summed E-state index contributed by atoms with van der Waals surface area (Å²) >= 11 is 3.37. The van der Waals surface area contributed by atoms with E-state index in [0.29, 0.717) is 35.4 Å². The highest BCUT2D eigenvalue weighted by molar-refractivity contribution is 9.10. The number of nitrogens with one attached hydrogen (secondary N) is 1. The van der Waals surface area contributed by atoms with E-state index in [1.54, 1.807) is 30.2 Å². The molecular weight excluding hydrogens is 310 g/mol. The molecule has 1 heterocycles. The van der Waals surface area contributed by atoms with Crippen LogP contribution in [0.25, 0.3) is 0 Å². The summed E-state index contributed by atoms with van der Waals surface area (Å²) in [6, 6.07) is 6.95. The second kappa shape index (κ2) is 6.04. The minimum atomic E-state index is -0.431. The minimum absolute atomic E-state index is 0.154. The van der Waals surface area contributed by atoms with Crippen LogP contribution in [0.1, 0.15) is 10.4 Å². The zero-order valence-electron chi connectivity index (χ0n) is 10.5. The van der Waals surface area contributed by atoms with E-state index in [1.165, 1.54) is 0 Å². The maximum atomic E-state index is 12.5. The van der Waals surface area contributed by atoms with Crippen LogP contribution < -0.4 is 10.1 Å². The predicted octanol–water partition coefficient (Wildman–Crippen LogP) is 1.40. The standard InChI is InChI=1S/C13H14BrN3O2/c1-19-10-2-3-12(14)11(6-10)13(18)17-5-4-16-8-9(17)7-15/h2-3,6,9,16H,4-5,8H2,1H3. The molecule has 1 aromatic rings. The fourth-order valence-corrected chi connectivity index (χ4v) is 2.43. The van der Waals surface area contributed by atoms with Gasteiger partial charge in [-0.15, -0.1) is 0 Å². The topological polar surface area (TPSA) is 65.4 Å². The van der Waals surface area contributed by atoms with Crippen molar-refractivity contribution in [2.75, 3.05) is 26.7 Å². The zero-order chi connectivity index (χ0) is 13.8. The van der Waals surface area contributed by atoms with Crippen molar-refractivity contribution >= 4 is 21.8 Å². The van der Waals surface area contributed by atoms with Gasteiger partial charge in [-0.1, -0.05) is 0 Å². The smallest absolute Gasteiger partial charge is 0.256 e. The molecule has 19 heavy (non-hydrogen) atoms. The highest BCUT2D eigenvalue weighted by Crippen LogP contribution is 2.24. The first-order valence-corrected chi connectivity index (χ1v) is 6.71. The lowest BCUT2D eigenvalue weighted by molar-refractivity contribution is 0.0686. The molecule has 0 bridgehead atoms. The minimum Gasteiger partial charge on any atom is -0.497 e. The quantitative estimate of drug-likeness (QED) is 0.893. The van der Waals surface area contributed by atoms with Crippen LogP contribution in [-0.4, -0.2) is 43.6 Å². The van der Waals surface area contributed by atoms with Gasteiger partial charge in [-0.3, -0.25) is 4.79 Å². The maximum Gasteiger partial charge on any atom is 0.256 e. The summed E-state index contributed by atoms with van der Waals surface area (Å²) in [5.74, 6) is 0.467. The molecule has 1 N–H and O–H groups in total. The molecule has 1 aromatic carbocycles. The van der Waals surface area contributed by atoms with Crippen molar-refractivity contribution < 1.29 is 9.53 Å². The molecule has 1 unspecified atom stereocenters. The lowest BCUT2D eigenvalue weighted by atomic mass is 10.1. The van der Waals surface area contributed by atoms with Gasteiger partial charge in [0.2, 0.25) is 0 Å². The van der Waals surface area contributed by atoms with Crippen LogP contribution in [0, 0.1) is 11.3 Å². The van der Waals surface area contributed by atoms with Crippen LogP contribution in [-0.2, 0) is 0 Å². The van der Waals surface area contributed by atoms with Gasteiger partial charge in [0.1, 0.15) is 11.8 Å². The SMILES string of the molecule is COc1ccc(Br)c(C(=O)N2CCNCC2C#N)c1. The normalized spacial score (nSPS) is 18.8. The van der Waals surface area contributed by atoms with Gasteiger partial charge in [0.05, 0.1) is 18.7 Å². The molecular formula is C13H14BrN3O2. The third-order valence-electron chi connectivity index (χ3n) is 3.06. The first-order valence-electron chi connectivity index (χ1n) is 5.92. The molecule has 1 amide bonds. The van der Waals surface area contributed by atoms with Crippen LogP contribution in [0.4, 0.5) is 0 Å². The largest absolute Gasteiger partial charge is 0.497 e. The van der Waals surface area contributed by atoms with Crippen molar-refractivity contribution in [3.63, 3.8) is 0 Å². The molecule has 2 rings (SSSR count). The molecule has 5 nitrogen and oxygen atoms in total. The number of ether oxygens (including phenoxy) is 1. The van der Waals surface area contributed by atoms with Gasteiger partial charge in [-0.2, -0.15) is 5.26 Å². The number of benzene rings is 1. The third-order valence-corrected chi connectivity index (χ3v) is 3.75. The Morgan fingerprint density at radius 1 is 1.63 bits per heavy atom. The highest BCUT2D eigenvalue weighted by atomic mass is 79.9. The monoisotopic (exact) mass is 323 g/mol. The fraction of sp³-hybridized carbons (Fsp3) is 0.385. The van der Waals surface area contributed by atoms with Gasteiger partial charge in [-0.05, 0) is 34.1 Å². The summed E-state index contributed by atoms with van der Waals surface area (Å²) in [6.45, 7) is 1.73. The lowest BCUT2D eigenvalue weighted by Gasteiger charge is -2.32. The summed E-state index contributed by atoms with van der Waals surface area (Å²) in [6.07, 6.45) is 0. The number of nitrogens with zero attached hydrogens (tertiary/aromatic N) is 2. The van der Waals surface area contributed by atoms with Crippen molar-refractivity contribution in [3.05, 3.63) is 28.2 Å². The Labute approximate surface area is 120 Å². The van der Waals surface area contributed by atoms with E-state index in [1.807, 2.05) is 0 Å². The van der Waals surface area contributed by atoms with E-state index in [-0.39, 0.29) is 5.91 Å². The molecule has 0 aliphatic carbocycles. The molecule has 1 atom stereocenters. The maximum absolute atomic E-state index is 12.5. The number of hydrogen-bond acceptors (Lipinski definition) is 4. The van der Waals surface area contributed by atoms with Gasteiger partial charge in [-0.25, -0.2) is 0 Å². The van der Waals surface area contributed by atoms with Crippen LogP contribution in [0.5, 0.6) is 5.75 Å². The van der Waals surface area contributed by atoms with Crippen molar-refractivity contribution in [2.24, 2.45) is 0 Å². The number of amides is 1. The van der Waals surface area contributed by atoms with Crippen molar-refractivity contribution in [3.8, 4) is 11.8 Å². The summed E-state index contributed by atoms with van der Waals surface area (Å²) in [5, 5.41) is 12.2. The second-order valence-electron chi connectivity index (χ2n) is 4.19. The van der Waals surface area contributed by atoms with E-state index in [4.69, 9.17) is 10.00 Å².